The van der Waals surface area contributed by atoms with Crippen LogP contribution in [-0.4, -0.2) is 35.6 Å². The molecule has 0 spiro atoms. The Labute approximate surface area is 124 Å². The summed E-state index contributed by atoms with van der Waals surface area (Å²) in [5, 5.41) is 5.77. The molecular formula is C15H22N4S. The fourth-order valence-corrected chi connectivity index (χ4v) is 3.93. The lowest BCUT2D eigenvalue weighted by Gasteiger charge is -2.26. The van der Waals surface area contributed by atoms with Crippen LogP contribution in [0, 0.1) is 6.92 Å². The number of anilines is 1. The molecule has 1 aliphatic rings. The molecule has 0 radical (unpaired) electrons. The zero-order valence-electron chi connectivity index (χ0n) is 12.2. The third-order valence-corrected chi connectivity index (χ3v) is 4.99. The predicted molar refractivity (Wildman–Crippen MR) is 85.7 cm³/mol. The summed E-state index contributed by atoms with van der Waals surface area (Å²) in [7, 11) is 0. The van der Waals surface area contributed by atoms with Gasteiger partial charge in [0.25, 0.3) is 0 Å². The van der Waals surface area contributed by atoms with Gasteiger partial charge in [-0.3, -0.25) is 0 Å². The number of aryl methyl sites for hydroxylation is 1. The molecule has 1 saturated heterocycles. The second-order valence-electron chi connectivity index (χ2n) is 5.53. The first kappa shape index (κ1) is 13.8. The summed E-state index contributed by atoms with van der Waals surface area (Å²) in [6.45, 7) is 7.62. The molecule has 0 bridgehead atoms. The van der Waals surface area contributed by atoms with Crippen molar-refractivity contribution in [1.82, 2.24) is 15.3 Å². The highest BCUT2D eigenvalue weighted by molar-refractivity contribution is 7.18. The molecule has 2 aromatic heterocycles. The minimum atomic E-state index is 0.604. The SMILES string of the molecule is CCCN(CC1CCCN1)c1ncnc2c(C)csc12. The summed E-state index contributed by atoms with van der Waals surface area (Å²) < 4.78 is 1.23. The van der Waals surface area contributed by atoms with Gasteiger partial charge in [-0.2, -0.15) is 0 Å². The van der Waals surface area contributed by atoms with Gasteiger partial charge in [0.1, 0.15) is 12.1 Å². The Kier molecular flexibility index (Phi) is 4.17. The van der Waals surface area contributed by atoms with E-state index in [9.17, 15) is 0 Å². The van der Waals surface area contributed by atoms with E-state index in [1.165, 1.54) is 23.1 Å². The predicted octanol–water partition coefficient (Wildman–Crippen LogP) is 2.97. The van der Waals surface area contributed by atoms with E-state index in [2.05, 4.69) is 39.4 Å². The normalized spacial score (nSPS) is 18.8. The number of aromatic nitrogens is 2. The molecule has 0 aliphatic carbocycles. The number of fused-ring (bicyclic) bond motifs is 1. The van der Waals surface area contributed by atoms with Crippen molar-refractivity contribution in [2.45, 2.75) is 39.2 Å². The Morgan fingerprint density at radius 1 is 1.45 bits per heavy atom. The largest absolute Gasteiger partial charge is 0.354 e. The molecule has 2 aromatic rings. The molecule has 3 rings (SSSR count). The van der Waals surface area contributed by atoms with Crippen LogP contribution >= 0.6 is 11.3 Å². The van der Waals surface area contributed by atoms with Gasteiger partial charge >= 0.3 is 0 Å². The topological polar surface area (TPSA) is 41.0 Å². The summed E-state index contributed by atoms with van der Waals surface area (Å²) in [5.74, 6) is 1.11. The van der Waals surface area contributed by atoms with Crippen molar-refractivity contribution in [3.05, 3.63) is 17.3 Å². The van der Waals surface area contributed by atoms with Crippen molar-refractivity contribution in [2.75, 3.05) is 24.5 Å². The van der Waals surface area contributed by atoms with Gasteiger partial charge in [-0.25, -0.2) is 9.97 Å². The van der Waals surface area contributed by atoms with Gasteiger partial charge in [-0.1, -0.05) is 6.92 Å². The van der Waals surface area contributed by atoms with Crippen LogP contribution in [0.2, 0.25) is 0 Å². The number of nitrogens with zero attached hydrogens (tertiary/aromatic N) is 3. The second-order valence-corrected chi connectivity index (χ2v) is 6.41. The Morgan fingerprint density at radius 3 is 3.10 bits per heavy atom. The quantitative estimate of drug-likeness (QED) is 0.919. The third-order valence-electron chi connectivity index (χ3n) is 3.91. The van der Waals surface area contributed by atoms with Crippen LogP contribution in [0.4, 0.5) is 5.82 Å². The maximum absolute atomic E-state index is 4.58. The lowest BCUT2D eigenvalue weighted by atomic mass is 10.2. The van der Waals surface area contributed by atoms with E-state index in [-0.39, 0.29) is 0 Å². The molecule has 0 aromatic carbocycles. The fraction of sp³-hybridized carbons (Fsp3) is 0.600. The Morgan fingerprint density at radius 2 is 2.35 bits per heavy atom. The summed E-state index contributed by atoms with van der Waals surface area (Å²) in [6, 6.07) is 0.604. The molecule has 1 N–H and O–H groups in total. The van der Waals surface area contributed by atoms with Crippen molar-refractivity contribution in [3.8, 4) is 0 Å². The average Bonchev–Trinajstić information content (AvgIpc) is 3.09. The first-order valence-electron chi connectivity index (χ1n) is 7.46. The van der Waals surface area contributed by atoms with Crippen LogP contribution in [0.3, 0.4) is 0 Å². The fourth-order valence-electron chi connectivity index (χ4n) is 2.91. The Balaban J connectivity index is 1.91. The minimum Gasteiger partial charge on any atom is -0.354 e. The zero-order chi connectivity index (χ0) is 13.9. The van der Waals surface area contributed by atoms with Gasteiger partial charge in [0.05, 0.1) is 10.2 Å². The molecule has 0 saturated carbocycles. The standard InChI is InChI=1S/C15H22N4S/c1-3-7-19(8-12-5-4-6-16-12)15-14-13(17-10-18-15)11(2)9-20-14/h9-10,12,16H,3-8H2,1-2H3. The van der Waals surface area contributed by atoms with Gasteiger partial charge in [-0.15, -0.1) is 11.3 Å². The molecular weight excluding hydrogens is 268 g/mol. The molecule has 1 fully saturated rings. The van der Waals surface area contributed by atoms with E-state index in [1.54, 1.807) is 17.7 Å². The number of nitrogens with one attached hydrogen (secondary N) is 1. The van der Waals surface area contributed by atoms with E-state index in [0.717, 1.165) is 37.4 Å². The lowest BCUT2D eigenvalue weighted by Crippen LogP contribution is -2.38. The molecule has 3 heterocycles. The molecule has 1 atom stereocenters. The van der Waals surface area contributed by atoms with Gasteiger partial charge in [-0.05, 0) is 43.7 Å². The van der Waals surface area contributed by atoms with Crippen molar-refractivity contribution in [2.24, 2.45) is 0 Å². The molecule has 1 unspecified atom stereocenters. The van der Waals surface area contributed by atoms with Crippen LogP contribution in [0.15, 0.2) is 11.7 Å². The summed E-state index contributed by atoms with van der Waals surface area (Å²) >= 11 is 1.77. The smallest absolute Gasteiger partial charge is 0.150 e. The first-order chi connectivity index (χ1) is 9.79. The van der Waals surface area contributed by atoms with Gasteiger partial charge in [0, 0.05) is 19.1 Å². The van der Waals surface area contributed by atoms with E-state index in [0.29, 0.717) is 6.04 Å². The van der Waals surface area contributed by atoms with Crippen molar-refractivity contribution >= 4 is 27.4 Å². The highest BCUT2D eigenvalue weighted by Gasteiger charge is 2.20. The van der Waals surface area contributed by atoms with Crippen LogP contribution in [0.1, 0.15) is 31.7 Å². The van der Waals surface area contributed by atoms with Gasteiger partial charge in [0.2, 0.25) is 0 Å². The molecule has 108 valence electrons. The molecule has 0 amide bonds. The third kappa shape index (κ3) is 2.65. The van der Waals surface area contributed by atoms with Gasteiger partial charge < -0.3 is 10.2 Å². The van der Waals surface area contributed by atoms with Crippen LogP contribution in [-0.2, 0) is 0 Å². The monoisotopic (exact) mass is 290 g/mol. The van der Waals surface area contributed by atoms with Crippen LogP contribution in [0.25, 0.3) is 10.2 Å². The molecule has 1 aliphatic heterocycles. The van der Waals surface area contributed by atoms with E-state index in [4.69, 9.17) is 0 Å². The summed E-state index contributed by atoms with van der Waals surface area (Å²) in [5.41, 5.74) is 2.37. The van der Waals surface area contributed by atoms with E-state index >= 15 is 0 Å². The van der Waals surface area contributed by atoms with Crippen molar-refractivity contribution in [3.63, 3.8) is 0 Å². The molecule has 4 nitrogen and oxygen atoms in total. The summed E-state index contributed by atoms with van der Waals surface area (Å²) in [4.78, 5) is 11.4. The first-order valence-corrected chi connectivity index (χ1v) is 8.34. The molecule has 5 heteroatoms. The van der Waals surface area contributed by atoms with Crippen molar-refractivity contribution in [1.29, 1.82) is 0 Å². The second kappa shape index (κ2) is 6.06. The highest BCUT2D eigenvalue weighted by atomic mass is 32.1. The van der Waals surface area contributed by atoms with E-state index in [1.807, 2.05) is 0 Å². The maximum Gasteiger partial charge on any atom is 0.150 e. The number of rotatable bonds is 5. The molecule has 20 heavy (non-hydrogen) atoms. The lowest BCUT2D eigenvalue weighted by molar-refractivity contribution is 0.576. The maximum atomic E-state index is 4.58. The van der Waals surface area contributed by atoms with Gasteiger partial charge in [0.15, 0.2) is 0 Å². The average molecular weight is 290 g/mol. The Bertz CT molecular complexity index is 574. The summed E-state index contributed by atoms with van der Waals surface area (Å²) in [6.07, 6.45) is 5.42. The van der Waals surface area contributed by atoms with E-state index < -0.39 is 0 Å². The minimum absolute atomic E-state index is 0.604. The highest BCUT2D eigenvalue weighted by Crippen LogP contribution is 2.31. The van der Waals surface area contributed by atoms with Crippen LogP contribution < -0.4 is 10.2 Å². The number of hydrogen-bond donors (Lipinski definition) is 1. The van der Waals surface area contributed by atoms with Crippen LogP contribution in [0.5, 0.6) is 0 Å². The number of thiophene rings is 1. The zero-order valence-corrected chi connectivity index (χ0v) is 13.0. The Hall–Kier alpha value is -1.20. The van der Waals surface area contributed by atoms with Crippen molar-refractivity contribution < 1.29 is 0 Å². The number of hydrogen-bond acceptors (Lipinski definition) is 5.